The molecule has 2 amide bonds. The third-order valence-corrected chi connectivity index (χ3v) is 6.06. The standard InChI is InChI=1S/C21H25N3O6/c1-29-20(27)13-6-9-23(10-7-13)18(25)12-30-21(28)14-4-5-16-15(11-14)22-19(26)17-3-2-8-24(16)17/h4-5,11,13,17H,2-3,6-10,12H2,1H3,(H,22,26)/t17-/m0/s1. The maximum absolute atomic E-state index is 12.4. The molecule has 2 fully saturated rings. The number of hydrogen-bond donors (Lipinski definition) is 1. The first kappa shape index (κ1) is 20.2. The first-order chi connectivity index (χ1) is 14.5. The lowest BCUT2D eigenvalue weighted by atomic mass is 9.97. The molecule has 1 aromatic carbocycles. The number of methoxy groups -OCH3 is 1. The molecule has 0 radical (unpaired) electrons. The molecule has 9 heteroatoms. The first-order valence-electron chi connectivity index (χ1n) is 10.2. The number of ether oxygens (including phenoxy) is 2. The molecule has 3 aliphatic rings. The number of amides is 2. The van der Waals surface area contributed by atoms with Gasteiger partial charge in [-0.2, -0.15) is 0 Å². The van der Waals surface area contributed by atoms with Gasteiger partial charge in [-0.3, -0.25) is 14.4 Å². The van der Waals surface area contributed by atoms with Crippen molar-refractivity contribution < 1.29 is 28.7 Å². The van der Waals surface area contributed by atoms with Crippen LogP contribution in [0.1, 0.15) is 36.0 Å². The van der Waals surface area contributed by atoms with Crippen LogP contribution in [-0.2, 0) is 23.9 Å². The fourth-order valence-corrected chi connectivity index (χ4v) is 4.39. The SMILES string of the molecule is COC(=O)C1CCN(C(=O)COC(=O)c2ccc3c(c2)NC(=O)[C@@H]2CCCN32)CC1. The molecule has 1 atom stereocenters. The van der Waals surface area contributed by atoms with Gasteiger partial charge in [0.1, 0.15) is 6.04 Å². The minimum atomic E-state index is -0.617. The zero-order valence-corrected chi connectivity index (χ0v) is 16.9. The smallest absolute Gasteiger partial charge is 0.338 e. The fraction of sp³-hybridized carbons (Fsp3) is 0.524. The molecule has 1 aromatic rings. The third-order valence-electron chi connectivity index (χ3n) is 6.06. The Balaban J connectivity index is 1.33. The van der Waals surface area contributed by atoms with Gasteiger partial charge in [0.2, 0.25) is 5.91 Å². The molecule has 0 spiro atoms. The predicted molar refractivity (Wildman–Crippen MR) is 107 cm³/mol. The van der Waals surface area contributed by atoms with Crippen LogP contribution in [-0.4, -0.2) is 68.0 Å². The van der Waals surface area contributed by atoms with Crippen LogP contribution in [0, 0.1) is 5.92 Å². The molecule has 9 nitrogen and oxygen atoms in total. The number of carbonyl (C=O) groups excluding carboxylic acids is 4. The van der Waals surface area contributed by atoms with Crippen molar-refractivity contribution in [3.05, 3.63) is 23.8 Å². The van der Waals surface area contributed by atoms with Crippen LogP contribution >= 0.6 is 0 Å². The van der Waals surface area contributed by atoms with E-state index in [0.717, 1.165) is 25.1 Å². The number of esters is 2. The Bertz CT molecular complexity index is 877. The van der Waals surface area contributed by atoms with E-state index < -0.39 is 5.97 Å². The number of benzene rings is 1. The largest absolute Gasteiger partial charge is 0.469 e. The van der Waals surface area contributed by atoms with Crippen molar-refractivity contribution >= 4 is 35.1 Å². The van der Waals surface area contributed by atoms with Gasteiger partial charge in [0.25, 0.3) is 5.91 Å². The topological polar surface area (TPSA) is 105 Å². The molecule has 1 N–H and O–H groups in total. The Morgan fingerprint density at radius 2 is 1.90 bits per heavy atom. The van der Waals surface area contributed by atoms with Gasteiger partial charge < -0.3 is 24.6 Å². The maximum atomic E-state index is 12.4. The van der Waals surface area contributed by atoms with E-state index in [1.165, 1.54) is 7.11 Å². The van der Waals surface area contributed by atoms with Crippen molar-refractivity contribution in [1.29, 1.82) is 0 Å². The molecule has 0 aromatic heterocycles. The van der Waals surface area contributed by atoms with Gasteiger partial charge in [0.05, 0.1) is 30.0 Å². The predicted octanol–water partition coefficient (Wildman–Crippen LogP) is 1.18. The number of anilines is 2. The van der Waals surface area contributed by atoms with Crippen LogP contribution in [0.15, 0.2) is 18.2 Å². The van der Waals surface area contributed by atoms with Gasteiger partial charge in [0, 0.05) is 19.6 Å². The van der Waals surface area contributed by atoms with Crippen LogP contribution < -0.4 is 10.2 Å². The minimum Gasteiger partial charge on any atom is -0.469 e. The summed E-state index contributed by atoms with van der Waals surface area (Å²) in [6.07, 6.45) is 2.86. The third kappa shape index (κ3) is 3.83. The second kappa shape index (κ2) is 8.33. The van der Waals surface area contributed by atoms with Crippen LogP contribution in [0.4, 0.5) is 11.4 Å². The number of nitrogens with one attached hydrogen (secondary N) is 1. The van der Waals surface area contributed by atoms with Gasteiger partial charge in [0.15, 0.2) is 6.61 Å². The van der Waals surface area contributed by atoms with Crippen LogP contribution in [0.3, 0.4) is 0 Å². The molecule has 0 aliphatic carbocycles. The highest BCUT2D eigenvalue weighted by molar-refractivity contribution is 6.05. The van der Waals surface area contributed by atoms with Gasteiger partial charge in [-0.25, -0.2) is 4.79 Å². The lowest BCUT2D eigenvalue weighted by molar-refractivity contribution is -0.149. The minimum absolute atomic E-state index is 0.0592. The van der Waals surface area contributed by atoms with Gasteiger partial charge in [-0.15, -0.1) is 0 Å². The van der Waals surface area contributed by atoms with Gasteiger partial charge in [-0.05, 0) is 43.9 Å². The van der Waals surface area contributed by atoms with Crippen molar-refractivity contribution in [1.82, 2.24) is 4.90 Å². The van der Waals surface area contributed by atoms with Crippen LogP contribution in [0.25, 0.3) is 0 Å². The monoisotopic (exact) mass is 415 g/mol. The summed E-state index contributed by atoms with van der Waals surface area (Å²) in [6.45, 7) is 1.31. The Morgan fingerprint density at radius 3 is 2.63 bits per heavy atom. The Morgan fingerprint density at radius 1 is 1.13 bits per heavy atom. The van der Waals surface area contributed by atoms with E-state index in [-0.39, 0.29) is 41.9 Å². The van der Waals surface area contributed by atoms with Gasteiger partial charge >= 0.3 is 11.9 Å². The quantitative estimate of drug-likeness (QED) is 0.736. The summed E-state index contributed by atoms with van der Waals surface area (Å²) >= 11 is 0. The molecule has 30 heavy (non-hydrogen) atoms. The number of carbonyl (C=O) groups is 4. The number of fused-ring (bicyclic) bond motifs is 3. The summed E-state index contributed by atoms with van der Waals surface area (Å²) in [4.78, 5) is 52.2. The van der Waals surface area contributed by atoms with E-state index in [2.05, 4.69) is 10.2 Å². The first-order valence-corrected chi connectivity index (χ1v) is 10.2. The Kier molecular flexibility index (Phi) is 5.61. The lowest BCUT2D eigenvalue weighted by Crippen LogP contribution is -2.44. The molecule has 160 valence electrons. The van der Waals surface area contributed by atoms with E-state index in [0.29, 0.717) is 31.6 Å². The summed E-state index contributed by atoms with van der Waals surface area (Å²) in [5, 5.41) is 2.86. The highest BCUT2D eigenvalue weighted by Gasteiger charge is 2.36. The highest BCUT2D eigenvalue weighted by atomic mass is 16.5. The van der Waals surface area contributed by atoms with E-state index in [4.69, 9.17) is 9.47 Å². The zero-order chi connectivity index (χ0) is 21.3. The number of likely N-dealkylation sites (tertiary alicyclic amines) is 1. The Labute approximate surface area is 174 Å². The molecule has 4 rings (SSSR count). The second-order valence-electron chi connectivity index (χ2n) is 7.83. The summed E-state index contributed by atoms with van der Waals surface area (Å²) < 4.78 is 9.94. The molecule has 2 saturated heterocycles. The summed E-state index contributed by atoms with van der Waals surface area (Å²) in [5.74, 6) is -1.42. The number of hydrogen-bond acceptors (Lipinski definition) is 7. The van der Waals surface area contributed by atoms with Crippen molar-refractivity contribution in [3.8, 4) is 0 Å². The number of piperidine rings is 1. The maximum Gasteiger partial charge on any atom is 0.338 e. The van der Waals surface area contributed by atoms with Crippen molar-refractivity contribution in [2.45, 2.75) is 31.7 Å². The van der Waals surface area contributed by atoms with E-state index in [1.54, 1.807) is 17.0 Å². The zero-order valence-electron chi connectivity index (χ0n) is 16.9. The Hall–Kier alpha value is -3.10. The molecular weight excluding hydrogens is 390 g/mol. The summed E-state index contributed by atoms with van der Waals surface area (Å²) in [5.41, 5.74) is 1.77. The number of nitrogens with zero attached hydrogens (tertiary/aromatic N) is 2. The summed E-state index contributed by atoms with van der Waals surface area (Å²) in [6, 6.07) is 4.91. The van der Waals surface area contributed by atoms with Crippen LogP contribution in [0.5, 0.6) is 0 Å². The molecule has 3 heterocycles. The average molecular weight is 415 g/mol. The fourth-order valence-electron chi connectivity index (χ4n) is 4.39. The van der Waals surface area contributed by atoms with Crippen molar-refractivity contribution in [2.24, 2.45) is 5.92 Å². The molecule has 0 saturated carbocycles. The average Bonchev–Trinajstić information content (AvgIpc) is 3.27. The van der Waals surface area contributed by atoms with Crippen molar-refractivity contribution in [3.63, 3.8) is 0 Å². The lowest BCUT2D eigenvalue weighted by Gasteiger charge is -2.33. The molecular formula is C21H25N3O6. The molecule has 0 bridgehead atoms. The van der Waals surface area contributed by atoms with E-state index in [9.17, 15) is 19.2 Å². The van der Waals surface area contributed by atoms with Crippen LogP contribution in [0.2, 0.25) is 0 Å². The van der Waals surface area contributed by atoms with Crippen molar-refractivity contribution in [2.75, 3.05) is 43.6 Å². The highest BCUT2D eigenvalue weighted by Crippen LogP contribution is 2.37. The second-order valence-corrected chi connectivity index (χ2v) is 7.83. The van der Waals surface area contributed by atoms with Gasteiger partial charge in [-0.1, -0.05) is 0 Å². The molecule has 3 aliphatic heterocycles. The normalized spacial score (nSPS) is 20.8. The number of rotatable bonds is 4. The summed E-state index contributed by atoms with van der Waals surface area (Å²) in [7, 11) is 1.36. The van der Waals surface area contributed by atoms with E-state index >= 15 is 0 Å². The molecule has 0 unspecified atom stereocenters. The van der Waals surface area contributed by atoms with E-state index in [1.807, 2.05) is 6.07 Å².